The summed E-state index contributed by atoms with van der Waals surface area (Å²) in [5.41, 5.74) is 0. The zero-order valence-electron chi connectivity index (χ0n) is 2.64. The summed E-state index contributed by atoms with van der Waals surface area (Å²) < 4.78 is 9.09. The van der Waals surface area contributed by atoms with Crippen LogP contribution in [-0.2, 0) is 25.7 Å². The minimum atomic E-state index is -1.67. The second kappa shape index (κ2) is 10.9. The van der Waals surface area contributed by atoms with Crippen LogP contribution in [0.3, 0.4) is 0 Å². The molecule has 0 heterocycles. The van der Waals surface area contributed by atoms with Gasteiger partial charge in [-0.2, -0.15) is 0 Å². The van der Waals surface area contributed by atoms with Crippen LogP contribution in [0.15, 0.2) is 0 Å². The van der Waals surface area contributed by atoms with E-state index in [4.69, 9.17) is 23.0 Å². The molecule has 50 valence electrons. The van der Waals surface area contributed by atoms with Crippen molar-refractivity contribution in [1.29, 1.82) is 0 Å². The average Bonchev–Trinajstić information content (AvgIpc) is 1.33. The second-order valence-corrected chi connectivity index (χ2v) is 6.04. The Balaban J connectivity index is 0. The van der Waals surface area contributed by atoms with Gasteiger partial charge in [-0.05, 0) is 0 Å². The molecule has 0 aromatic rings. The van der Waals surface area contributed by atoms with Gasteiger partial charge in [0.15, 0.2) is 0 Å². The van der Waals surface area contributed by atoms with Crippen molar-refractivity contribution in [2.75, 3.05) is 0 Å². The third-order valence-corrected chi connectivity index (χ3v) is 0. The molecular weight excluding hydrogens is 385 g/mol. The van der Waals surface area contributed by atoms with Crippen molar-refractivity contribution >= 4 is 49.4 Å². The van der Waals surface area contributed by atoms with E-state index in [2.05, 4.69) is 21.4 Å². The number of rotatable bonds is 0. The molecular formula is Cl4OPtS. The van der Waals surface area contributed by atoms with Crippen LogP contribution in [0.25, 0.3) is 0 Å². The van der Waals surface area contributed by atoms with Crippen LogP contribution in [0, 0.1) is 0 Å². The summed E-state index contributed by atoms with van der Waals surface area (Å²) in [6, 6.07) is 0. The van der Waals surface area contributed by atoms with E-state index in [9.17, 15) is 0 Å². The molecule has 0 saturated heterocycles. The molecule has 0 fully saturated rings. The molecule has 0 N–H and O–H groups in total. The van der Waals surface area contributed by atoms with E-state index in [0.29, 0.717) is 0 Å². The Bertz CT molecular complexity index is 43.0. The van der Waals surface area contributed by atoms with Gasteiger partial charge < -0.3 is 0 Å². The van der Waals surface area contributed by atoms with Crippen LogP contribution < -0.4 is 0 Å². The topological polar surface area (TPSA) is 17.1 Å². The molecule has 0 aliphatic rings. The predicted molar refractivity (Wildman–Crippen MR) is 31.6 cm³/mol. The maximum absolute atomic E-state index is 9.09. The van der Waals surface area contributed by atoms with Gasteiger partial charge in [0.2, 0.25) is 9.23 Å². The summed E-state index contributed by atoms with van der Waals surface area (Å²) in [7, 11) is 17.1. The van der Waals surface area contributed by atoms with E-state index < -0.39 is 25.7 Å². The maximum atomic E-state index is 9.09. The van der Waals surface area contributed by atoms with Gasteiger partial charge in [-0.25, -0.2) is 4.21 Å². The van der Waals surface area contributed by atoms with E-state index in [-0.39, 0.29) is 0 Å². The summed E-state index contributed by atoms with van der Waals surface area (Å²) in [6.07, 6.45) is 0. The molecule has 0 saturated carbocycles. The Kier molecular flexibility index (Phi) is 18.3. The minimum absolute atomic E-state index is 0.472. The van der Waals surface area contributed by atoms with E-state index in [1.165, 1.54) is 0 Å². The molecule has 0 spiro atoms. The first-order valence-corrected chi connectivity index (χ1v) is 9.15. The molecule has 0 atom stereocenters. The van der Waals surface area contributed by atoms with Crippen molar-refractivity contribution in [2.24, 2.45) is 0 Å². The number of hydrogen-bond acceptors (Lipinski definition) is 1. The third-order valence-electron chi connectivity index (χ3n) is 0. The van der Waals surface area contributed by atoms with E-state index in [1.54, 1.807) is 0 Å². The normalized spacial score (nSPS) is 8.14. The summed E-state index contributed by atoms with van der Waals surface area (Å²) >= 11 is -0.472. The molecule has 0 radical (unpaired) electrons. The number of hydrogen-bond donors (Lipinski definition) is 0. The van der Waals surface area contributed by atoms with Crippen LogP contribution in [-0.4, -0.2) is 4.21 Å². The summed E-state index contributed by atoms with van der Waals surface area (Å²) in [5.74, 6) is 0. The van der Waals surface area contributed by atoms with Crippen molar-refractivity contribution in [1.82, 2.24) is 0 Å². The van der Waals surface area contributed by atoms with Crippen LogP contribution >= 0.6 is 40.2 Å². The zero-order chi connectivity index (χ0) is 6.28. The molecule has 0 unspecified atom stereocenters. The van der Waals surface area contributed by atoms with Gasteiger partial charge in [-0.1, -0.05) is 0 Å². The molecule has 1 nitrogen and oxygen atoms in total. The van der Waals surface area contributed by atoms with Crippen LogP contribution in [0.1, 0.15) is 0 Å². The van der Waals surface area contributed by atoms with Crippen LogP contribution in [0.5, 0.6) is 0 Å². The Morgan fingerprint density at radius 3 is 1.29 bits per heavy atom. The fourth-order valence-corrected chi connectivity index (χ4v) is 0. The van der Waals surface area contributed by atoms with Gasteiger partial charge in [0, 0.05) is 21.4 Å². The third kappa shape index (κ3) is 72.1. The zero-order valence-corrected chi connectivity index (χ0v) is 8.76. The van der Waals surface area contributed by atoms with E-state index in [1.807, 2.05) is 0 Å². The molecule has 0 bridgehead atoms. The van der Waals surface area contributed by atoms with Gasteiger partial charge in [0.05, 0.1) is 0 Å². The first kappa shape index (κ1) is 11.8. The molecule has 7 heteroatoms. The average molecular weight is 385 g/mol. The van der Waals surface area contributed by atoms with Crippen LogP contribution in [0.2, 0.25) is 0 Å². The van der Waals surface area contributed by atoms with Crippen molar-refractivity contribution in [3.05, 3.63) is 0 Å². The Morgan fingerprint density at radius 2 is 1.29 bits per heavy atom. The molecule has 7 heavy (non-hydrogen) atoms. The quantitative estimate of drug-likeness (QED) is 0.586. The van der Waals surface area contributed by atoms with Gasteiger partial charge in [-0.3, -0.25) is 0 Å². The molecule has 0 rings (SSSR count). The molecule has 0 aliphatic heterocycles. The van der Waals surface area contributed by atoms with Gasteiger partial charge >= 0.3 is 35.3 Å². The Hall–Kier alpha value is 2.00. The SMILES string of the molecule is O=S(Cl)Cl.[Cl][Pt][Cl]. The van der Waals surface area contributed by atoms with Gasteiger partial charge in [0.1, 0.15) is 0 Å². The second-order valence-electron chi connectivity index (χ2n) is 0.229. The van der Waals surface area contributed by atoms with Gasteiger partial charge in [0.25, 0.3) is 0 Å². The fraction of sp³-hybridized carbons (Fsp3) is 0. The summed E-state index contributed by atoms with van der Waals surface area (Å²) in [5, 5.41) is 0. The summed E-state index contributed by atoms with van der Waals surface area (Å²) in [6.45, 7) is 0. The molecule has 0 aromatic heterocycles. The first-order valence-electron chi connectivity index (χ1n) is 0.714. The molecule has 0 aromatic carbocycles. The number of halogens is 4. The van der Waals surface area contributed by atoms with E-state index in [0.717, 1.165) is 0 Å². The van der Waals surface area contributed by atoms with E-state index >= 15 is 0 Å². The summed E-state index contributed by atoms with van der Waals surface area (Å²) in [4.78, 5) is 0. The molecule has 0 amide bonds. The standard InChI is InChI=1S/Cl2OS.2ClH.Pt/c1-4(2)3;;;/h;2*1H;/q;;;+2/p-2. The van der Waals surface area contributed by atoms with Crippen molar-refractivity contribution in [2.45, 2.75) is 0 Å². The Labute approximate surface area is 69.5 Å². The fourth-order valence-electron chi connectivity index (χ4n) is 0. The van der Waals surface area contributed by atoms with Crippen molar-refractivity contribution in [3.63, 3.8) is 0 Å². The van der Waals surface area contributed by atoms with Crippen LogP contribution in [0.4, 0.5) is 0 Å². The van der Waals surface area contributed by atoms with Gasteiger partial charge in [-0.15, -0.1) is 0 Å². The Morgan fingerprint density at radius 1 is 1.29 bits per heavy atom. The van der Waals surface area contributed by atoms with Crippen molar-refractivity contribution in [3.8, 4) is 0 Å². The van der Waals surface area contributed by atoms with Crippen molar-refractivity contribution < 1.29 is 20.7 Å². The monoisotopic (exact) mass is 383 g/mol. The first-order chi connectivity index (χ1) is 3.15. The molecule has 0 aliphatic carbocycles. The predicted octanol–water partition coefficient (Wildman–Crippen LogP) is 2.42.